The van der Waals surface area contributed by atoms with Gasteiger partial charge < -0.3 is 0 Å². The normalized spacial score (nSPS) is 12.6. The summed E-state index contributed by atoms with van der Waals surface area (Å²) in [5, 5.41) is 0. The summed E-state index contributed by atoms with van der Waals surface area (Å²) in [6, 6.07) is 2.67. The van der Waals surface area contributed by atoms with Gasteiger partial charge in [-0.15, -0.1) is 0 Å². The molecule has 1 heteroatoms. The molecule has 0 unspecified atom stereocenters. The van der Waals surface area contributed by atoms with E-state index in [1.165, 1.54) is 6.04 Å². The molecule has 0 heterocycles. The Labute approximate surface area is 65.4 Å². The van der Waals surface area contributed by atoms with Crippen LogP contribution in [0.4, 0.5) is 0 Å². The SMILES string of the molecule is C[C](C)N(C(C)C)C(C)C. The Bertz CT molecular complexity index is 65.7. The van der Waals surface area contributed by atoms with E-state index in [4.69, 9.17) is 0 Å². The third-order valence-corrected chi connectivity index (χ3v) is 1.63. The van der Waals surface area contributed by atoms with Gasteiger partial charge in [0.15, 0.2) is 0 Å². The summed E-state index contributed by atoms with van der Waals surface area (Å²) in [6.07, 6.45) is 0. The first-order chi connectivity index (χ1) is 4.46. The van der Waals surface area contributed by atoms with Gasteiger partial charge in [0.25, 0.3) is 0 Å². The highest BCUT2D eigenvalue weighted by molar-refractivity contribution is 4.83. The largest absolute Gasteiger partial charge is 0.292 e. The lowest BCUT2D eigenvalue weighted by Gasteiger charge is -2.33. The van der Waals surface area contributed by atoms with Crippen molar-refractivity contribution < 1.29 is 0 Å². The molecular formula is C9H20N. The van der Waals surface area contributed by atoms with Gasteiger partial charge in [0.05, 0.1) is 0 Å². The third-order valence-electron chi connectivity index (χ3n) is 1.63. The average Bonchev–Trinajstić information content (AvgIpc) is 1.59. The summed E-state index contributed by atoms with van der Waals surface area (Å²) in [6.45, 7) is 13.2. The van der Waals surface area contributed by atoms with Gasteiger partial charge in [-0.1, -0.05) is 0 Å². The molecule has 1 nitrogen and oxygen atoms in total. The van der Waals surface area contributed by atoms with E-state index in [0.29, 0.717) is 12.1 Å². The Kier molecular flexibility index (Phi) is 3.95. The number of hydrogen-bond acceptors (Lipinski definition) is 1. The second kappa shape index (κ2) is 3.97. The fourth-order valence-electron chi connectivity index (χ4n) is 1.63. The van der Waals surface area contributed by atoms with E-state index in [9.17, 15) is 0 Å². The highest BCUT2D eigenvalue weighted by Gasteiger charge is 2.16. The van der Waals surface area contributed by atoms with Gasteiger partial charge in [-0.25, -0.2) is 0 Å². The van der Waals surface area contributed by atoms with Crippen LogP contribution in [0, 0.1) is 6.04 Å². The summed E-state index contributed by atoms with van der Waals surface area (Å²) in [7, 11) is 0. The molecule has 0 aromatic heterocycles. The Morgan fingerprint density at radius 3 is 1.20 bits per heavy atom. The van der Waals surface area contributed by atoms with E-state index in [1.54, 1.807) is 0 Å². The molecule has 1 radical (unpaired) electrons. The van der Waals surface area contributed by atoms with E-state index < -0.39 is 0 Å². The van der Waals surface area contributed by atoms with Crippen molar-refractivity contribution in [2.75, 3.05) is 0 Å². The fourth-order valence-corrected chi connectivity index (χ4v) is 1.63. The van der Waals surface area contributed by atoms with Gasteiger partial charge in [-0.05, 0) is 41.5 Å². The zero-order chi connectivity index (χ0) is 8.31. The summed E-state index contributed by atoms with van der Waals surface area (Å²) in [5.74, 6) is 0. The maximum atomic E-state index is 2.42. The Balaban J connectivity index is 3.98. The molecule has 0 N–H and O–H groups in total. The van der Waals surface area contributed by atoms with Gasteiger partial charge in [-0.2, -0.15) is 0 Å². The predicted octanol–water partition coefficient (Wildman–Crippen LogP) is 2.68. The van der Waals surface area contributed by atoms with Crippen molar-refractivity contribution in [2.45, 2.75) is 53.6 Å². The van der Waals surface area contributed by atoms with Gasteiger partial charge in [0.2, 0.25) is 0 Å². The minimum absolute atomic E-state index is 0.630. The van der Waals surface area contributed by atoms with Gasteiger partial charge in [0, 0.05) is 18.1 Å². The van der Waals surface area contributed by atoms with E-state index in [2.05, 4.69) is 46.4 Å². The van der Waals surface area contributed by atoms with Crippen molar-refractivity contribution in [3.63, 3.8) is 0 Å². The lowest BCUT2D eigenvalue weighted by atomic mass is 10.2. The zero-order valence-electron chi connectivity index (χ0n) is 8.10. The second-order valence-electron chi connectivity index (χ2n) is 3.54. The molecule has 0 aliphatic carbocycles. The monoisotopic (exact) mass is 142 g/mol. The highest BCUT2D eigenvalue weighted by atomic mass is 15.2. The van der Waals surface area contributed by atoms with Crippen LogP contribution in [-0.4, -0.2) is 17.0 Å². The van der Waals surface area contributed by atoms with Crippen molar-refractivity contribution in [3.8, 4) is 0 Å². The first-order valence-corrected chi connectivity index (χ1v) is 4.05. The highest BCUT2D eigenvalue weighted by Crippen LogP contribution is 2.14. The third kappa shape index (κ3) is 2.70. The van der Waals surface area contributed by atoms with Gasteiger partial charge in [0.1, 0.15) is 0 Å². The van der Waals surface area contributed by atoms with Crippen LogP contribution in [0.3, 0.4) is 0 Å². The quantitative estimate of drug-likeness (QED) is 0.585. The molecule has 0 saturated carbocycles. The molecule has 0 aliphatic heterocycles. The van der Waals surface area contributed by atoms with E-state index in [1.807, 2.05) is 0 Å². The molecule has 61 valence electrons. The fraction of sp³-hybridized carbons (Fsp3) is 0.889. The molecule has 0 fully saturated rings. The van der Waals surface area contributed by atoms with E-state index >= 15 is 0 Å². The van der Waals surface area contributed by atoms with Crippen LogP contribution < -0.4 is 0 Å². The molecule has 0 spiro atoms. The Morgan fingerprint density at radius 2 is 1.20 bits per heavy atom. The molecule has 0 aromatic rings. The van der Waals surface area contributed by atoms with Crippen molar-refractivity contribution in [2.24, 2.45) is 0 Å². The minimum Gasteiger partial charge on any atom is -0.292 e. The number of hydrogen-bond donors (Lipinski definition) is 0. The molecule has 0 saturated heterocycles. The Morgan fingerprint density at radius 1 is 0.900 bits per heavy atom. The van der Waals surface area contributed by atoms with Crippen LogP contribution in [0.5, 0.6) is 0 Å². The molecule has 0 amide bonds. The van der Waals surface area contributed by atoms with Crippen LogP contribution >= 0.6 is 0 Å². The van der Waals surface area contributed by atoms with Crippen LogP contribution in [0.1, 0.15) is 41.5 Å². The van der Waals surface area contributed by atoms with Gasteiger partial charge >= 0.3 is 0 Å². The molecular weight excluding hydrogens is 122 g/mol. The van der Waals surface area contributed by atoms with Crippen molar-refractivity contribution >= 4 is 0 Å². The first kappa shape index (κ1) is 9.96. The lowest BCUT2D eigenvalue weighted by Crippen LogP contribution is -2.37. The number of rotatable bonds is 3. The maximum Gasteiger partial charge on any atom is 0.0337 e. The molecule has 0 atom stereocenters. The summed E-state index contributed by atoms with van der Waals surface area (Å²) >= 11 is 0. The van der Waals surface area contributed by atoms with Gasteiger partial charge in [-0.3, -0.25) is 4.90 Å². The molecule has 10 heavy (non-hydrogen) atoms. The smallest absolute Gasteiger partial charge is 0.0337 e. The molecule has 0 aliphatic rings. The first-order valence-electron chi connectivity index (χ1n) is 4.05. The van der Waals surface area contributed by atoms with Crippen LogP contribution in [0.15, 0.2) is 0 Å². The zero-order valence-corrected chi connectivity index (χ0v) is 8.10. The minimum atomic E-state index is 0.630. The van der Waals surface area contributed by atoms with Crippen molar-refractivity contribution in [1.82, 2.24) is 4.90 Å². The van der Waals surface area contributed by atoms with Crippen molar-refractivity contribution in [3.05, 3.63) is 6.04 Å². The molecule has 0 bridgehead atoms. The lowest BCUT2D eigenvalue weighted by molar-refractivity contribution is 0.191. The van der Waals surface area contributed by atoms with E-state index in [0.717, 1.165) is 0 Å². The maximum absolute atomic E-state index is 2.42. The average molecular weight is 142 g/mol. The molecule has 0 aromatic carbocycles. The van der Waals surface area contributed by atoms with E-state index in [-0.39, 0.29) is 0 Å². The van der Waals surface area contributed by atoms with Crippen molar-refractivity contribution in [1.29, 1.82) is 0 Å². The summed E-state index contributed by atoms with van der Waals surface area (Å²) in [4.78, 5) is 2.42. The summed E-state index contributed by atoms with van der Waals surface area (Å²) in [5.41, 5.74) is 0. The van der Waals surface area contributed by atoms with Crippen LogP contribution in [-0.2, 0) is 0 Å². The number of nitrogens with zero attached hydrogens (tertiary/aromatic N) is 1. The molecule has 0 rings (SSSR count). The standard InChI is InChI=1S/C9H20N/c1-7(2)10(8(3)4)9(5)6/h7-8H,1-6H3. The topological polar surface area (TPSA) is 3.24 Å². The van der Waals surface area contributed by atoms with Crippen LogP contribution in [0.25, 0.3) is 0 Å². The second-order valence-corrected chi connectivity index (χ2v) is 3.54. The Hall–Kier alpha value is -0.0400. The van der Waals surface area contributed by atoms with Crippen LogP contribution in [0.2, 0.25) is 0 Å². The summed E-state index contributed by atoms with van der Waals surface area (Å²) < 4.78 is 0. The predicted molar refractivity (Wildman–Crippen MR) is 46.7 cm³/mol.